The molecule has 3 N–H and O–H groups in total. The molecule has 0 spiro atoms. The second-order valence-corrected chi connectivity index (χ2v) is 4.08. The number of carbonyl (C=O) groups is 1. The largest absolute Gasteiger partial charge is 0.495 e. The monoisotopic (exact) mass is 235 g/mol. The van der Waals surface area contributed by atoms with Crippen molar-refractivity contribution >= 4 is 17.4 Å². The zero-order chi connectivity index (χ0) is 12.3. The molecular weight excluding hydrogens is 218 g/mol. The summed E-state index contributed by atoms with van der Waals surface area (Å²) in [6.45, 7) is 1.66. The van der Waals surface area contributed by atoms with E-state index in [1.54, 1.807) is 25.3 Å². The van der Waals surface area contributed by atoms with Gasteiger partial charge in [-0.05, 0) is 25.0 Å². The van der Waals surface area contributed by atoms with Crippen LogP contribution in [-0.2, 0) is 0 Å². The number of nitrogens with zero attached hydrogens (tertiary/aromatic N) is 1. The Balaban J connectivity index is 2.05. The van der Waals surface area contributed by atoms with E-state index in [4.69, 9.17) is 10.5 Å². The number of likely N-dealkylation sites (tertiary alicyclic amines) is 1. The number of methoxy groups -OCH3 is 1. The summed E-state index contributed by atoms with van der Waals surface area (Å²) in [6, 6.07) is 5.16. The Hall–Kier alpha value is -1.91. The third-order valence-electron chi connectivity index (χ3n) is 2.88. The van der Waals surface area contributed by atoms with Crippen molar-refractivity contribution in [2.45, 2.75) is 12.8 Å². The molecule has 92 valence electrons. The van der Waals surface area contributed by atoms with Crippen LogP contribution in [0.3, 0.4) is 0 Å². The van der Waals surface area contributed by atoms with E-state index in [0.29, 0.717) is 17.1 Å². The highest BCUT2D eigenvalue weighted by Crippen LogP contribution is 2.25. The fourth-order valence-electron chi connectivity index (χ4n) is 1.91. The summed E-state index contributed by atoms with van der Waals surface area (Å²) < 4.78 is 5.10. The Bertz CT molecular complexity index is 414. The molecule has 5 heteroatoms. The smallest absolute Gasteiger partial charge is 0.321 e. The number of nitrogen functional groups attached to an aromatic ring is 1. The topological polar surface area (TPSA) is 67.6 Å². The molecule has 0 unspecified atom stereocenters. The number of nitrogens with one attached hydrogen (secondary N) is 1. The maximum atomic E-state index is 11.8. The predicted octanol–water partition coefficient (Wildman–Crippen LogP) is 1.91. The lowest BCUT2D eigenvalue weighted by Gasteiger charge is -2.16. The third kappa shape index (κ3) is 2.61. The van der Waals surface area contributed by atoms with E-state index in [0.717, 1.165) is 25.9 Å². The van der Waals surface area contributed by atoms with Gasteiger partial charge in [0.1, 0.15) is 5.75 Å². The van der Waals surface area contributed by atoms with Crippen molar-refractivity contribution in [2.75, 3.05) is 31.2 Å². The quantitative estimate of drug-likeness (QED) is 0.769. The molecule has 1 aromatic rings. The molecule has 5 nitrogen and oxygen atoms in total. The summed E-state index contributed by atoms with van der Waals surface area (Å²) >= 11 is 0. The van der Waals surface area contributed by atoms with E-state index >= 15 is 0 Å². The van der Waals surface area contributed by atoms with Crippen LogP contribution in [0.2, 0.25) is 0 Å². The van der Waals surface area contributed by atoms with E-state index in [9.17, 15) is 4.79 Å². The summed E-state index contributed by atoms with van der Waals surface area (Å²) in [5.41, 5.74) is 6.97. The predicted molar refractivity (Wildman–Crippen MR) is 67.2 cm³/mol. The number of hydrogen-bond donors (Lipinski definition) is 2. The molecule has 0 saturated carbocycles. The standard InChI is InChI=1S/C12H17N3O2/c1-17-11-8-9(4-5-10(11)13)14-12(16)15-6-2-3-7-15/h4-5,8H,2-3,6-7,13H2,1H3,(H,14,16). The normalized spacial score (nSPS) is 14.8. The number of amides is 2. The first-order valence-corrected chi connectivity index (χ1v) is 5.70. The lowest BCUT2D eigenvalue weighted by atomic mass is 10.2. The molecule has 1 aliphatic heterocycles. The van der Waals surface area contributed by atoms with E-state index in [-0.39, 0.29) is 6.03 Å². The molecule has 0 aliphatic carbocycles. The molecule has 17 heavy (non-hydrogen) atoms. The molecule has 1 saturated heterocycles. The number of benzene rings is 1. The van der Waals surface area contributed by atoms with Gasteiger partial charge in [0, 0.05) is 24.8 Å². The van der Waals surface area contributed by atoms with Crippen LogP contribution in [0, 0.1) is 0 Å². The van der Waals surface area contributed by atoms with Gasteiger partial charge in [-0.25, -0.2) is 4.79 Å². The summed E-state index contributed by atoms with van der Waals surface area (Å²) in [7, 11) is 1.55. The molecule has 2 rings (SSSR count). The molecule has 1 fully saturated rings. The van der Waals surface area contributed by atoms with E-state index in [2.05, 4.69) is 5.32 Å². The highest BCUT2D eigenvalue weighted by atomic mass is 16.5. The molecule has 0 radical (unpaired) electrons. The van der Waals surface area contributed by atoms with E-state index in [1.165, 1.54) is 0 Å². The highest BCUT2D eigenvalue weighted by Gasteiger charge is 2.17. The average molecular weight is 235 g/mol. The number of urea groups is 1. The zero-order valence-corrected chi connectivity index (χ0v) is 9.90. The van der Waals surface area contributed by atoms with Gasteiger partial charge in [0.2, 0.25) is 0 Å². The second kappa shape index (κ2) is 4.95. The van der Waals surface area contributed by atoms with Crippen molar-refractivity contribution in [3.05, 3.63) is 18.2 Å². The van der Waals surface area contributed by atoms with Crippen LogP contribution < -0.4 is 15.8 Å². The van der Waals surface area contributed by atoms with Gasteiger partial charge in [0.05, 0.1) is 12.8 Å². The van der Waals surface area contributed by atoms with Gasteiger partial charge in [-0.15, -0.1) is 0 Å². The van der Waals surface area contributed by atoms with E-state index < -0.39 is 0 Å². The number of hydrogen-bond acceptors (Lipinski definition) is 3. The van der Waals surface area contributed by atoms with Gasteiger partial charge in [-0.2, -0.15) is 0 Å². The summed E-state index contributed by atoms with van der Waals surface area (Å²) in [6.07, 6.45) is 2.16. The van der Waals surface area contributed by atoms with Crippen LogP contribution in [0.15, 0.2) is 18.2 Å². The summed E-state index contributed by atoms with van der Waals surface area (Å²) in [4.78, 5) is 13.7. The van der Waals surface area contributed by atoms with Gasteiger partial charge in [-0.3, -0.25) is 0 Å². The van der Waals surface area contributed by atoms with Gasteiger partial charge >= 0.3 is 6.03 Å². The minimum atomic E-state index is -0.0608. The van der Waals surface area contributed by atoms with Gasteiger partial charge in [-0.1, -0.05) is 0 Å². The van der Waals surface area contributed by atoms with Crippen molar-refractivity contribution in [3.8, 4) is 5.75 Å². The first kappa shape index (κ1) is 11.6. The maximum Gasteiger partial charge on any atom is 0.321 e. The molecule has 1 aromatic carbocycles. The van der Waals surface area contributed by atoms with Crippen LogP contribution in [0.4, 0.5) is 16.2 Å². The van der Waals surface area contributed by atoms with Crippen LogP contribution in [-0.4, -0.2) is 31.1 Å². The summed E-state index contributed by atoms with van der Waals surface area (Å²) in [5, 5.41) is 2.84. The number of nitrogens with two attached hydrogens (primary N) is 1. The zero-order valence-electron chi connectivity index (χ0n) is 9.90. The van der Waals surface area contributed by atoms with Crippen molar-refractivity contribution in [3.63, 3.8) is 0 Å². The number of anilines is 2. The van der Waals surface area contributed by atoms with Crippen LogP contribution in [0.1, 0.15) is 12.8 Å². The molecule has 1 heterocycles. The highest BCUT2D eigenvalue weighted by molar-refractivity contribution is 5.90. The number of rotatable bonds is 2. The fraction of sp³-hybridized carbons (Fsp3) is 0.417. The van der Waals surface area contributed by atoms with E-state index in [1.807, 2.05) is 4.90 Å². The first-order chi connectivity index (χ1) is 8.20. The molecular formula is C12H17N3O2. The van der Waals surface area contributed by atoms with Crippen molar-refractivity contribution < 1.29 is 9.53 Å². The summed E-state index contributed by atoms with van der Waals surface area (Å²) in [5.74, 6) is 0.573. The van der Waals surface area contributed by atoms with Gasteiger partial charge < -0.3 is 20.7 Å². The average Bonchev–Trinajstić information content (AvgIpc) is 2.85. The molecule has 0 bridgehead atoms. The Morgan fingerprint density at radius 2 is 2.12 bits per heavy atom. The SMILES string of the molecule is COc1cc(NC(=O)N2CCCC2)ccc1N. The lowest BCUT2D eigenvalue weighted by molar-refractivity contribution is 0.222. The number of ether oxygens (including phenoxy) is 1. The van der Waals surface area contributed by atoms with Crippen molar-refractivity contribution in [2.24, 2.45) is 0 Å². The van der Waals surface area contributed by atoms with Crippen LogP contribution >= 0.6 is 0 Å². The molecule has 0 aromatic heterocycles. The minimum absolute atomic E-state index is 0.0608. The molecule has 0 atom stereocenters. The lowest BCUT2D eigenvalue weighted by Crippen LogP contribution is -2.32. The molecule has 2 amide bonds. The van der Waals surface area contributed by atoms with Crippen LogP contribution in [0.5, 0.6) is 5.75 Å². The Labute approximate surface area is 101 Å². The Morgan fingerprint density at radius 1 is 1.41 bits per heavy atom. The Kier molecular flexibility index (Phi) is 3.37. The molecule has 1 aliphatic rings. The van der Waals surface area contributed by atoms with Crippen molar-refractivity contribution in [1.82, 2.24) is 4.90 Å². The van der Waals surface area contributed by atoms with Gasteiger partial charge in [0.15, 0.2) is 0 Å². The van der Waals surface area contributed by atoms with Gasteiger partial charge in [0.25, 0.3) is 0 Å². The first-order valence-electron chi connectivity index (χ1n) is 5.70. The second-order valence-electron chi connectivity index (χ2n) is 4.08. The third-order valence-corrected chi connectivity index (χ3v) is 2.88. The number of carbonyl (C=O) groups excluding carboxylic acids is 1. The minimum Gasteiger partial charge on any atom is -0.495 e. The fourth-order valence-corrected chi connectivity index (χ4v) is 1.91. The van der Waals surface area contributed by atoms with Crippen molar-refractivity contribution in [1.29, 1.82) is 0 Å². The Morgan fingerprint density at radius 3 is 2.76 bits per heavy atom. The maximum absolute atomic E-state index is 11.8. The van der Waals surface area contributed by atoms with Crippen LogP contribution in [0.25, 0.3) is 0 Å².